The van der Waals surface area contributed by atoms with Gasteiger partial charge in [0, 0.05) is 42.5 Å². The molecular formula is C46H37NS. The topological polar surface area (TPSA) is 3.24 Å². The average molecular weight is 636 g/mol. The van der Waals surface area contributed by atoms with Crippen LogP contribution in [-0.2, 0) is 5.41 Å². The van der Waals surface area contributed by atoms with E-state index in [-0.39, 0.29) is 5.41 Å². The lowest BCUT2D eigenvalue weighted by Gasteiger charge is -2.61. The van der Waals surface area contributed by atoms with E-state index in [1.54, 1.807) is 11.1 Å². The van der Waals surface area contributed by atoms with Crippen molar-refractivity contribution in [2.45, 2.75) is 37.5 Å². The Hall–Kier alpha value is -4.66. The first kappa shape index (κ1) is 27.3. The van der Waals surface area contributed by atoms with Gasteiger partial charge >= 0.3 is 0 Å². The zero-order valence-electron chi connectivity index (χ0n) is 27.0. The van der Waals surface area contributed by atoms with Crippen molar-refractivity contribution in [2.24, 2.45) is 23.7 Å². The fraction of sp³-hybridized carbons (Fsp3) is 0.217. The van der Waals surface area contributed by atoms with Gasteiger partial charge < -0.3 is 4.90 Å². The molecule has 0 N–H and O–H groups in total. The van der Waals surface area contributed by atoms with Gasteiger partial charge in [-0.05, 0) is 120 Å². The lowest BCUT2D eigenvalue weighted by atomic mass is 9.43. The highest BCUT2D eigenvalue weighted by atomic mass is 32.1. The molecular weight excluding hydrogens is 599 g/mol. The molecule has 5 aliphatic carbocycles. The van der Waals surface area contributed by atoms with Crippen molar-refractivity contribution in [1.29, 1.82) is 0 Å². The summed E-state index contributed by atoms with van der Waals surface area (Å²) in [5, 5.41) is 2.69. The van der Waals surface area contributed by atoms with E-state index in [1.165, 1.54) is 91.6 Å². The molecule has 4 bridgehead atoms. The summed E-state index contributed by atoms with van der Waals surface area (Å²) in [6.07, 6.45) is 7.08. The Morgan fingerprint density at radius 1 is 0.500 bits per heavy atom. The number of hydrogen-bond donors (Lipinski definition) is 0. The molecule has 48 heavy (non-hydrogen) atoms. The Balaban J connectivity index is 1.14. The summed E-state index contributed by atoms with van der Waals surface area (Å²) in [6.45, 7) is 0. The smallest absolute Gasteiger partial charge is 0.0543 e. The fourth-order valence-electron chi connectivity index (χ4n) is 11.1. The molecule has 7 aromatic rings. The van der Waals surface area contributed by atoms with Crippen LogP contribution in [0.4, 0.5) is 17.1 Å². The number of benzene rings is 6. The predicted molar refractivity (Wildman–Crippen MR) is 203 cm³/mol. The molecule has 0 amide bonds. The second-order valence-corrected chi connectivity index (χ2v) is 16.0. The van der Waals surface area contributed by atoms with Crippen LogP contribution in [0.5, 0.6) is 0 Å². The van der Waals surface area contributed by atoms with Crippen LogP contribution < -0.4 is 4.90 Å². The highest BCUT2D eigenvalue weighted by Crippen LogP contribution is 2.70. The summed E-state index contributed by atoms with van der Waals surface area (Å²) in [5.41, 5.74) is 12.5. The van der Waals surface area contributed by atoms with Crippen LogP contribution in [0.3, 0.4) is 0 Å². The first-order chi connectivity index (χ1) is 23.8. The molecule has 0 saturated heterocycles. The molecule has 232 valence electrons. The van der Waals surface area contributed by atoms with E-state index < -0.39 is 0 Å². The normalized spacial score (nSPS) is 24.8. The minimum Gasteiger partial charge on any atom is -0.310 e. The average Bonchev–Trinajstić information content (AvgIpc) is 3.65. The number of thiophene rings is 1. The van der Waals surface area contributed by atoms with Crippen LogP contribution in [0.2, 0.25) is 0 Å². The maximum absolute atomic E-state index is 2.56. The molecule has 1 aromatic heterocycles. The second-order valence-electron chi connectivity index (χ2n) is 14.9. The van der Waals surface area contributed by atoms with Gasteiger partial charge in [-0.2, -0.15) is 0 Å². The lowest BCUT2D eigenvalue weighted by molar-refractivity contribution is -0.0399. The second kappa shape index (κ2) is 10.2. The molecule has 0 atom stereocenters. The molecule has 4 fully saturated rings. The number of fused-ring (bicyclic) bond motifs is 6. The third-order valence-electron chi connectivity index (χ3n) is 12.7. The third kappa shape index (κ3) is 3.73. The molecule has 6 aromatic carbocycles. The Morgan fingerprint density at radius 3 is 1.96 bits per heavy atom. The predicted octanol–water partition coefficient (Wildman–Crippen LogP) is 12.9. The van der Waals surface area contributed by atoms with Gasteiger partial charge in [0.05, 0.1) is 5.69 Å². The van der Waals surface area contributed by atoms with Crippen molar-refractivity contribution in [1.82, 2.24) is 0 Å². The van der Waals surface area contributed by atoms with Gasteiger partial charge in [0.25, 0.3) is 0 Å². The Labute approximate surface area is 286 Å². The summed E-state index contributed by atoms with van der Waals surface area (Å²) in [4.78, 5) is 2.56. The summed E-state index contributed by atoms with van der Waals surface area (Å²) in [5.74, 6) is 3.37. The van der Waals surface area contributed by atoms with Gasteiger partial charge in [0.1, 0.15) is 0 Å². The van der Waals surface area contributed by atoms with E-state index in [0.29, 0.717) is 0 Å². The van der Waals surface area contributed by atoms with Crippen molar-refractivity contribution >= 4 is 48.6 Å². The van der Waals surface area contributed by atoms with Crippen LogP contribution in [-0.4, -0.2) is 0 Å². The van der Waals surface area contributed by atoms with E-state index >= 15 is 0 Å². The molecule has 1 heterocycles. The number of anilines is 3. The summed E-state index contributed by atoms with van der Waals surface area (Å²) in [6, 6.07) is 52.8. The van der Waals surface area contributed by atoms with Gasteiger partial charge in [-0.25, -0.2) is 0 Å². The highest BCUT2D eigenvalue weighted by molar-refractivity contribution is 7.25. The SMILES string of the molecule is c1ccc(-c2ccc(N(c3ccc4c(c3)sc3ccccc34)c3cccc4c3-c3ccccc3C43C4CC5CC(C4)CC3C5)cc2)cc1. The Morgan fingerprint density at radius 2 is 1.15 bits per heavy atom. The molecule has 1 nitrogen and oxygen atoms in total. The molecule has 5 aliphatic rings. The minimum atomic E-state index is 0.146. The fourth-order valence-corrected chi connectivity index (χ4v) is 12.2. The Kier molecular flexibility index (Phi) is 5.79. The number of rotatable bonds is 4. The van der Waals surface area contributed by atoms with E-state index in [0.717, 1.165) is 23.7 Å². The first-order valence-electron chi connectivity index (χ1n) is 17.9. The largest absolute Gasteiger partial charge is 0.310 e. The van der Waals surface area contributed by atoms with Crippen LogP contribution in [0.1, 0.15) is 43.2 Å². The van der Waals surface area contributed by atoms with Gasteiger partial charge in [-0.3, -0.25) is 0 Å². The zero-order valence-corrected chi connectivity index (χ0v) is 27.8. The van der Waals surface area contributed by atoms with Gasteiger partial charge in [0.15, 0.2) is 0 Å². The maximum atomic E-state index is 2.56. The molecule has 0 unspecified atom stereocenters. The molecule has 0 radical (unpaired) electrons. The lowest BCUT2D eigenvalue weighted by Crippen LogP contribution is -2.55. The standard InChI is InChI=1S/C46H37NS/c1-2-9-31(10-3-1)32-17-19-35(20-18-32)47(36-21-22-38-37-11-5-7-16-43(37)48-44(38)28-36)42-15-8-14-41-45(42)39-12-4-6-13-40(39)46(41)33-24-29-23-30(26-33)27-34(46)25-29/h1-22,28-30,33-34H,23-27H2. The van der Waals surface area contributed by atoms with E-state index in [9.17, 15) is 0 Å². The van der Waals surface area contributed by atoms with Crippen LogP contribution in [0.25, 0.3) is 42.4 Å². The van der Waals surface area contributed by atoms with Crippen LogP contribution in [0, 0.1) is 23.7 Å². The molecule has 0 aliphatic heterocycles. The zero-order chi connectivity index (χ0) is 31.4. The van der Waals surface area contributed by atoms with Gasteiger partial charge in [0.2, 0.25) is 0 Å². The van der Waals surface area contributed by atoms with Gasteiger partial charge in [-0.15, -0.1) is 11.3 Å². The third-order valence-corrected chi connectivity index (χ3v) is 13.8. The van der Waals surface area contributed by atoms with Crippen molar-refractivity contribution in [3.63, 3.8) is 0 Å². The Bertz CT molecular complexity index is 2340. The van der Waals surface area contributed by atoms with Crippen molar-refractivity contribution < 1.29 is 0 Å². The van der Waals surface area contributed by atoms with E-state index in [4.69, 9.17) is 0 Å². The van der Waals surface area contributed by atoms with E-state index in [1.807, 2.05) is 11.3 Å². The molecule has 1 spiro atoms. The van der Waals surface area contributed by atoms with Crippen LogP contribution >= 0.6 is 11.3 Å². The maximum Gasteiger partial charge on any atom is 0.0543 e. The van der Waals surface area contributed by atoms with Gasteiger partial charge in [-0.1, -0.05) is 103 Å². The van der Waals surface area contributed by atoms with Crippen LogP contribution in [0.15, 0.2) is 140 Å². The first-order valence-corrected chi connectivity index (χ1v) is 18.7. The quantitative estimate of drug-likeness (QED) is 0.186. The van der Waals surface area contributed by atoms with Crippen molar-refractivity contribution in [2.75, 3.05) is 4.90 Å². The molecule has 2 heteroatoms. The van der Waals surface area contributed by atoms with Crippen molar-refractivity contribution in [3.8, 4) is 22.3 Å². The number of nitrogens with zero attached hydrogens (tertiary/aromatic N) is 1. The molecule has 12 rings (SSSR count). The molecule has 4 saturated carbocycles. The monoisotopic (exact) mass is 635 g/mol. The number of hydrogen-bond acceptors (Lipinski definition) is 2. The minimum absolute atomic E-state index is 0.146. The summed E-state index contributed by atoms with van der Waals surface area (Å²) >= 11 is 1.90. The highest BCUT2D eigenvalue weighted by Gasteiger charge is 2.61. The summed E-state index contributed by atoms with van der Waals surface area (Å²) < 4.78 is 2.69. The summed E-state index contributed by atoms with van der Waals surface area (Å²) in [7, 11) is 0. The van der Waals surface area contributed by atoms with Crippen molar-refractivity contribution in [3.05, 3.63) is 151 Å². The van der Waals surface area contributed by atoms with E-state index in [2.05, 4.69) is 144 Å².